The number of hydrogen-bond donors (Lipinski definition) is 8. The van der Waals surface area contributed by atoms with Crippen molar-refractivity contribution in [1.82, 2.24) is 15.0 Å². The smallest absolute Gasteiger partial charge is 0.397 e. The summed E-state index contributed by atoms with van der Waals surface area (Å²) in [5.74, 6) is -3.35. The van der Waals surface area contributed by atoms with Crippen LogP contribution in [0, 0.1) is 13.8 Å². The molecule has 0 radical (unpaired) electrons. The fourth-order valence-corrected chi connectivity index (χ4v) is 8.88. The number of nitrogens with zero attached hydrogens (tertiary/aromatic N) is 7. The second-order valence-electron chi connectivity index (χ2n) is 14.1. The number of carboxylic acid groups (broad SMARTS) is 1. The summed E-state index contributed by atoms with van der Waals surface area (Å²) >= 11 is 6.31. The van der Waals surface area contributed by atoms with Crippen molar-refractivity contribution in [2.75, 3.05) is 34.9 Å². The lowest BCUT2D eigenvalue weighted by Gasteiger charge is -2.16. The maximum absolute atomic E-state index is 12.7. The first-order valence-corrected chi connectivity index (χ1v) is 25.2. The van der Waals surface area contributed by atoms with E-state index in [1.165, 1.54) is 18.2 Å². The standard InChI is InChI=1S/C38H35ClN10O15S4/c1-20-3-5-23(6-4-20)47-49-34-21(2)15-22-16-26(66(55,56)57)17-30(33(22)35(34)52)42-38-44-36(39)43-37(45-38)41-27-18-29(40-12-11-32(50)51)31(67(58,59)60)19-28(27)48-46-24-7-9-25(10-8-24)65(53,54)14-13-64-68(61,62)63/h3-10,15-19,40,52H,11-14H2,1-2H3,(H,50,51)(H,55,56,57)(H,58,59,60)(H,61,62,63)(H2,41,42,43,44,45). The van der Waals surface area contributed by atoms with Crippen LogP contribution in [0.3, 0.4) is 0 Å². The third kappa shape index (κ3) is 13.2. The molecule has 0 saturated carbocycles. The Hall–Kier alpha value is -6.83. The maximum Gasteiger partial charge on any atom is 0.397 e. The summed E-state index contributed by atoms with van der Waals surface area (Å²) in [4.78, 5) is 21.9. The van der Waals surface area contributed by atoms with Crippen molar-refractivity contribution in [2.45, 2.75) is 35.0 Å². The highest BCUT2D eigenvalue weighted by Crippen LogP contribution is 2.44. The molecule has 30 heteroatoms. The summed E-state index contributed by atoms with van der Waals surface area (Å²) in [6, 6.07) is 17.0. The summed E-state index contributed by atoms with van der Waals surface area (Å²) in [5, 5.41) is 45.0. The minimum absolute atomic E-state index is 0.00409. The Kier molecular flexibility index (Phi) is 15.0. The summed E-state index contributed by atoms with van der Waals surface area (Å²) in [5.41, 5.74) is 0.729. The van der Waals surface area contributed by atoms with E-state index in [9.17, 15) is 57.8 Å². The van der Waals surface area contributed by atoms with Gasteiger partial charge < -0.3 is 26.2 Å². The topological polar surface area (TPSA) is 388 Å². The first-order chi connectivity index (χ1) is 31.8. The normalized spacial score (nSPS) is 12.5. The number of aryl methyl sites for hydroxylation is 2. The lowest BCUT2D eigenvalue weighted by molar-refractivity contribution is -0.136. The molecule has 0 saturated heterocycles. The van der Waals surface area contributed by atoms with Gasteiger partial charge in [-0.2, -0.15) is 50.4 Å². The molecule has 0 amide bonds. The number of azo groups is 2. The van der Waals surface area contributed by atoms with Crippen molar-refractivity contribution in [3.63, 3.8) is 0 Å². The van der Waals surface area contributed by atoms with Gasteiger partial charge in [-0.25, -0.2) is 12.6 Å². The van der Waals surface area contributed by atoms with Crippen molar-refractivity contribution < 1.29 is 66.5 Å². The minimum Gasteiger partial charge on any atom is -0.505 e. The van der Waals surface area contributed by atoms with Crippen LogP contribution in [0.1, 0.15) is 17.5 Å². The second-order valence-corrected chi connectivity index (χ2v) is 20.5. The third-order valence-corrected chi connectivity index (χ3v) is 13.2. The minimum atomic E-state index is -5.06. The van der Waals surface area contributed by atoms with Crippen LogP contribution in [0.25, 0.3) is 10.8 Å². The van der Waals surface area contributed by atoms with Gasteiger partial charge in [0.25, 0.3) is 20.2 Å². The van der Waals surface area contributed by atoms with Gasteiger partial charge in [0.1, 0.15) is 16.3 Å². The number of halogens is 1. The van der Waals surface area contributed by atoms with Crippen LogP contribution in [0.4, 0.5) is 51.7 Å². The number of hydrogen-bond acceptors (Lipinski definition) is 21. The highest BCUT2D eigenvalue weighted by atomic mass is 35.5. The van der Waals surface area contributed by atoms with Crippen LogP contribution in [0.2, 0.25) is 5.28 Å². The molecule has 6 aromatic rings. The van der Waals surface area contributed by atoms with Crippen molar-refractivity contribution >= 4 is 121 Å². The molecular formula is C38H35ClN10O15S4. The Balaban J connectivity index is 1.41. The van der Waals surface area contributed by atoms with Crippen molar-refractivity contribution in [3.05, 3.63) is 95.3 Å². The number of sulfone groups is 1. The number of fused-ring (bicyclic) bond motifs is 1. The zero-order chi connectivity index (χ0) is 49.8. The fraction of sp³-hybridized carbons (Fsp3) is 0.158. The Morgan fingerprint density at radius 3 is 1.90 bits per heavy atom. The number of phenolic OH excluding ortho intramolecular Hbond substituents is 1. The molecule has 8 N–H and O–H groups in total. The molecular weight excluding hydrogens is 1000 g/mol. The van der Waals surface area contributed by atoms with E-state index in [4.69, 9.17) is 16.2 Å². The largest absolute Gasteiger partial charge is 0.505 e. The van der Waals surface area contributed by atoms with E-state index in [-0.39, 0.29) is 56.3 Å². The number of anilines is 5. The van der Waals surface area contributed by atoms with Gasteiger partial charge in [0, 0.05) is 11.9 Å². The van der Waals surface area contributed by atoms with Gasteiger partial charge in [-0.3, -0.25) is 18.5 Å². The summed E-state index contributed by atoms with van der Waals surface area (Å²) in [6.45, 7) is 2.25. The number of aromatic nitrogens is 3. The monoisotopic (exact) mass is 1030 g/mol. The first-order valence-electron chi connectivity index (χ1n) is 19.0. The second kappa shape index (κ2) is 20.2. The molecule has 68 heavy (non-hydrogen) atoms. The van der Waals surface area contributed by atoms with Crippen molar-refractivity contribution in [3.8, 4) is 5.75 Å². The molecule has 0 aliphatic heterocycles. The van der Waals surface area contributed by atoms with Crippen LogP contribution in [0.15, 0.2) is 114 Å². The van der Waals surface area contributed by atoms with E-state index in [1.54, 1.807) is 19.1 Å². The zero-order valence-corrected chi connectivity index (χ0v) is 38.8. The van der Waals surface area contributed by atoms with Crippen LogP contribution in [0.5, 0.6) is 5.75 Å². The third-order valence-electron chi connectivity index (χ3n) is 9.13. The Morgan fingerprint density at radius 2 is 1.31 bits per heavy atom. The number of carbonyl (C=O) groups is 1. The van der Waals surface area contributed by atoms with E-state index < -0.39 is 97.9 Å². The predicted molar refractivity (Wildman–Crippen MR) is 244 cm³/mol. The zero-order valence-electron chi connectivity index (χ0n) is 34.8. The number of rotatable bonds is 19. The Labute approximate surface area is 391 Å². The van der Waals surface area contributed by atoms with Crippen LogP contribution >= 0.6 is 11.6 Å². The molecule has 6 rings (SSSR count). The average molecular weight is 1040 g/mol. The molecule has 0 spiro atoms. The Bertz CT molecular complexity index is 3480. The lowest BCUT2D eigenvalue weighted by atomic mass is 10.0. The summed E-state index contributed by atoms with van der Waals surface area (Å²) < 4.78 is 130. The number of nitrogens with one attached hydrogen (secondary N) is 3. The van der Waals surface area contributed by atoms with Crippen molar-refractivity contribution in [1.29, 1.82) is 0 Å². The van der Waals surface area contributed by atoms with E-state index in [1.807, 2.05) is 19.1 Å². The molecule has 0 unspecified atom stereocenters. The molecule has 0 aliphatic carbocycles. The summed E-state index contributed by atoms with van der Waals surface area (Å²) in [6.07, 6.45) is -0.494. The van der Waals surface area contributed by atoms with E-state index >= 15 is 0 Å². The number of phenols is 1. The van der Waals surface area contributed by atoms with Crippen molar-refractivity contribution in [2.24, 2.45) is 20.5 Å². The Morgan fingerprint density at radius 1 is 0.706 bits per heavy atom. The number of aromatic hydroxyl groups is 1. The molecule has 0 aliphatic rings. The molecule has 0 bridgehead atoms. The molecule has 0 fully saturated rings. The van der Waals surface area contributed by atoms with Gasteiger partial charge in [0.05, 0.1) is 57.0 Å². The summed E-state index contributed by atoms with van der Waals surface area (Å²) in [7, 11) is -18.9. The molecule has 5 aromatic carbocycles. The number of aliphatic carboxylic acids is 1. The first kappa shape index (κ1) is 50.6. The van der Waals surface area contributed by atoms with Gasteiger partial charge in [-0.15, -0.1) is 10.2 Å². The fourth-order valence-electron chi connectivity index (χ4n) is 6.02. The van der Waals surface area contributed by atoms with E-state index in [2.05, 4.69) is 55.5 Å². The van der Waals surface area contributed by atoms with E-state index in [0.717, 1.165) is 42.0 Å². The van der Waals surface area contributed by atoms with Gasteiger partial charge in [0.15, 0.2) is 15.6 Å². The molecule has 1 aromatic heterocycles. The molecule has 0 atom stereocenters. The van der Waals surface area contributed by atoms with Gasteiger partial charge >= 0.3 is 16.4 Å². The highest BCUT2D eigenvalue weighted by molar-refractivity contribution is 7.91. The van der Waals surface area contributed by atoms with Crippen LogP contribution in [-0.2, 0) is 49.5 Å². The SMILES string of the molecule is Cc1ccc(N=Nc2c(C)cc3cc(S(=O)(=O)O)cc(Nc4nc(Cl)nc(Nc5cc(NCCC(=O)O)c(S(=O)(=O)O)cc5N=Nc5ccc(S(=O)(=O)CCOS(=O)(=O)O)cc5)n4)c3c2O)cc1. The lowest BCUT2D eigenvalue weighted by Crippen LogP contribution is -2.15. The predicted octanol–water partition coefficient (Wildman–Crippen LogP) is 7.29. The molecule has 358 valence electrons. The van der Waals surface area contributed by atoms with Crippen LogP contribution in [-0.4, -0.2) is 97.4 Å². The van der Waals surface area contributed by atoms with Gasteiger partial charge in [-0.1, -0.05) is 17.7 Å². The van der Waals surface area contributed by atoms with Gasteiger partial charge in [0.2, 0.25) is 17.2 Å². The number of carboxylic acids is 1. The van der Waals surface area contributed by atoms with E-state index in [0.29, 0.717) is 11.3 Å². The highest BCUT2D eigenvalue weighted by Gasteiger charge is 2.23. The van der Waals surface area contributed by atoms with Crippen LogP contribution < -0.4 is 16.0 Å². The maximum atomic E-state index is 12.7. The molecule has 1 heterocycles. The molecule has 25 nitrogen and oxygen atoms in total. The van der Waals surface area contributed by atoms with Gasteiger partial charge in [-0.05, 0) is 103 Å². The quantitative estimate of drug-likeness (QED) is 0.0291. The number of benzene rings is 5. The average Bonchev–Trinajstić information content (AvgIpc) is 3.22.